The number of nitrogens with one attached hydrogen (secondary N) is 1. The molecule has 6 heteroatoms. The summed E-state index contributed by atoms with van der Waals surface area (Å²) >= 11 is 0. The summed E-state index contributed by atoms with van der Waals surface area (Å²) in [5.74, 6) is 4.78. The highest BCUT2D eigenvalue weighted by atomic mass is 16.7. The number of carboxylic acid groups (broad SMARTS) is 1. The van der Waals surface area contributed by atoms with Gasteiger partial charge in [0, 0.05) is 13.1 Å². The Morgan fingerprint density at radius 2 is 2.18 bits per heavy atom. The first-order valence-electron chi connectivity index (χ1n) is 3.18. The van der Waals surface area contributed by atoms with Crippen molar-refractivity contribution in [2.24, 2.45) is 11.6 Å². The van der Waals surface area contributed by atoms with Crippen molar-refractivity contribution in [1.29, 1.82) is 0 Å². The molecule has 0 amide bonds. The summed E-state index contributed by atoms with van der Waals surface area (Å²) in [4.78, 5) is 9.48. The zero-order valence-corrected chi connectivity index (χ0v) is 6.54. The molecular formula is C5H15N3O3. The van der Waals surface area contributed by atoms with E-state index in [1.165, 1.54) is 0 Å². The molecule has 0 unspecified atom stereocenters. The standard InChI is InChI=1S/C3H7NO3.C2H8N2/c4-1-2-7-3(5)6;1-2-4-3/h1-2,4H2,(H,5,6);4H,2-3H2,1H3. The second kappa shape index (κ2) is 11.9. The van der Waals surface area contributed by atoms with Crippen molar-refractivity contribution in [1.82, 2.24) is 5.43 Å². The van der Waals surface area contributed by atoms with Gasteiger partial charge < -0.3 is 15.6 Å². The van der Waals surface area contributed by atoms with E-state index in [2.05, 4.69) is 10.2 Å². The number of hydrazine groups is 1. The Balaban J connectivity index is 0. The van der Waals surface area contributed by atoms with Crippen LogP contribution in [0.15, 0.2) is 0 Å². The van der Waals surface area contributed by atoms with Gasteiger partial charge in [0.1, 0.15) is 6.61 Å². The van der Waals surface area contributed by atoms with Crippen LogP contribution in [0.5, 0.6) is 0 Å². The maximum Gasteiger partial charge on any atom is 0.505 e. The SMILES string of the molecule is CCNN.NCCOC(=O)O. The number of nitrogens with two attached hydrogens (primary N) is 2. The summed E-state index contributed by atoms with van der Waals surface area (Å²) in [5.41, 5.74) is 7.32. The molecule has 11 heavy (non-hydrogen) atoms. The molecule has 0 aromatic heterocycles. The van der Waals surface area contributed by atoms with Gasteiger partial charge in [0.25, 0.3) is 0 Å². The molecule has 0 saturated carbocycles. The van der Waals surface area contributed by atoms with E-state index in [1.807, 2.05) is 6.92 Å². The lowest BCUT2D eigenvalue weighted by atomic mass is 10.7. The molecule has 0 aromatic rings. The van der Waals surface area contributed by atoms with Gasteiger partial charge in [-0.3, -0.25) is 11.3 Å². The smallest absolute Gasteiger partial charge is 0.450 e. The molecule has 0 heterocycles. The van der Waals surface area contributed by atoms with Crippen LogP contribution in [0.25, 0.3) is 0 Å². The van der Waals surface area contributed by atoms with E-state index in [4.69, 9.17) is 16.7 Å². The molecule has 0 rings (SSSR count). The van der Waals surface area contributed by atoms with Gasteiger partial charge in [0.05, 0.1) is 0 Å². The van der Waals surface area contributed by atoms with Crippen LogP contribution in [0.1, 0.15) is 6.92 Å². The Morgan fingerprint density at radius 3 is 2.27 bits per heavy atom. The highest BCUT2D eigenvalue weighted by molar-refractivity contribution is 5.56. The van der Waals surface area contributed by atoms with E-state index >= 15 is 0 Å². The van der Waals surface area contributed by atoms with Crippen molar-refractivity contribution in [3.8, 4) is 0 Å². The van der Waals surface area contributed by atoms with Crippen molar-refractivity contribution in [2.75, 3.05) is 19.7 Å². The third-order valence-corrected chi connectivity index (χ3v) is 0.548. The number of carbonyl (C=O) groups is 1. The number of ether oxygens (including phenoxy) is 1. The minimum Gasteiger partial charge on any atom is -0.450 e. The molecular weight excluding hydrogens is 150 g/mol. The summed E-state index contributed by atoms with van der Waals surface area (Å²) in [6, 6.07) is 0. The van der Waals surface area contributed by atoms with Gasteiger partial charge in [-0.1, -0.05) is 6.92 Å². The Kier molecular flexibility index (Phi) is 13.8. The quantitative estimate of drug-likeness (QED) is 0.245. The average Bonchev–Trinajstić information content (AvgIpc) is 2.01. The monoisotopic (exact) mass is 165 g/mol. The van der Waals surface area contributed by atoms with Gasteiger partial charge in [-0.15, -0.1) is 0 Å². The maximum absolute atomic E-state index is 9.48. The third kappa shape index (κ3) is 27.2. The zero-order valence-electron chi connectivity index (χ0n) is 6.54. The fourth-order valence-corrected chi connectivity index (χ4v) is 0.146. The van der Waals surface area contributed by atoms with Gasteiger partial charge in [-0.2, -0.15) is 0 Å². The van der Waals surface area contributed by atoms with Crippen molar-refractivity contribution in [3.63, 3.8) is 0 Å². The van der Waals surface area contributed by atoms with Gasteiger partial charge >= 0.3 is 6.16 Å². The number of hydrogen-bond donors (Lipinski definition) is 4. The van der Waals surface area contributed by atoms with Crippen molar-refractivity contribution < 1.29 is 14.6 Å². The van der Waals surface area contributed by atoms with Crippen LogP contribution >= 0.6 is 0 Å². The molecule has 0 aliphatic heterocycles. The first kappa shape index (κ1) is 12.8. The van der Waals surface area contributed by atoms with Gasteiger partial charge in [-0.05, 0) is 0 Å². The van der Waals surface area contributed by atoms with Crippen LogP contribution in [0.2, 0.25) is 0 Å². The summed E-state index contributed by atoms with van der Waals surface area (Å²) < 4.78 is 3.98. The molecule has 6 nitrogen and oxygen atoms in total. The van der Waals surface area contributed by atoms with E-state index < -0.39 is 6.16 Å². The predicted molar refractivity (Wildman–Crippen MR) is 40.9 cm³/mol. The molecule has 0 aromatic carbocycles. The third-order valence-electron chi connectivity index (χ3n) is 0.548. The molecule has 0 bridgehead atoms. The highest BCUT2D eigenvalue weighted by Gasteiger charge is 1.89. The van der Waals surface area contributed by atoms with Crippen LogP contribution in [-0.4, -0.2) is 31.0 Å². The van der Waals surface area contributed by atoms with Crippen LogP contribution in [0.4, 0.5) is 4.79 Å². The zero-order chi connectivity index (χ0) is 9.11. The summed E-state index contributed by atoms with van der Waals surface area (Å²) in [6.07, 6.45) is -1.27. The lowest BCUT2D eigenvalue weighted by Crippen LogP contribution is -2.20. The Morgan fingerprint density at radius 1 is 1.73 bits per heavy atom. The lowest BCUT2D eigenvalue weighted by molar-refractivity contribution is 0.0944. The lowest BCUT2D eigenvalue weighted by Gasteiger charge is -1.92. The van der Waals surface area contributed by atoms with Crippen LogP contribution in [-0.2, 0) is 4.74 Å². The topological polar surface area (TPSA) is 111 Å². The molecule has 0 radical (unpaired) electrons. The van der Waals surface area contributed by atoms with E-state index in [1.54, 1.807) is 0 Å². The van der Waals surface area contributed by atoms with E-state index in [9.17, 15) is 4.79 Å². The van der Waals surface area contributed by atoms with Gasteiger partial charge in [-0.25, -0.2) is 4.79 Å². The Labute approximate surface area is 65.5 Å². The molecule has 6 N–H and O–H groups in total. The summed E-state index contributed by atoms with van der Waals surface area (Å²) in [5, 5.41) is 7.77. The minimum atomic E-state index is -1.27. The van der Waals surface area contributed by atoms with E-state index in [0.717, 1.165) is 6.54 Å². The molecule has 0 fully saturated rings. The predicted octanol–water partition coefficient (Wildman–Crippen LogP) is -0.891. The number of hydrogen-bond acceptors (Lipinski definition) is 5. The van der Waals surface area contributed by atoms with Crippen LogP contribution < -0.4 is 17.0 Å². The van der Waals surface area contributed by atoms with Crippen molar-refractivity contribution in [3.05, 3.63) is 0 Å². The second-order valence-electron chi connectivity index (χ2n) is 1.46. The minimum absolute atomic E-state index is 0.0787. The largest absolute Gasteiger partial charge is 0.505 e. The second-order valence-corrected chi connectivity index (χ2v) is 1.46. The van der Waals surface area contributed by atoms with E-state index in [-0.39, 0.29) is 13.2 Å². The molecule has 0 saturated heterocycles. The fourth-order valence-electron chi connectivity index (χ4n) is 0.146. The van der Waals surface area contributed by atoms with Crippen molar-refractivity contribution in [2.45, 2.75) is 6.92 Å². The normalized spacial score (nSPS) is 7.91. The first-order valence-corrected chi connectivity index (χ1v) is 3.18. The molecule has 0 atom stereocenters. The summed E-state index contributed by atoms with van der Waals surface area (Å²) in [7, 11) is 0. The Hall–Kier alpha value is -0.850. The first-order chi connectivity index (χ1) is 5.18. The summed E-state index contributed by atoms with van der Waals surface area (Å²) in [6.45, 7) is 3.11. The number of rotatable bonds is 3. The van der Waals surface area contributed by atoms with E-state index in [0.29, 0.717) is 0 Å². The fraction of sp³-hybridized carbons (Fsp3) is 0.800. The molecule has 0 spiro atoms. The van der Waals surface area contributed by atoms with Gasteiger partial charge in [0.2, 0.25) is 0 Å². The highest BCUT2D eigenvalue weighted by Crippen LogP contribution is 1.69. The van der Waals surface area contributed by atoms with Crippen molar-refractivity contribution >= 4 is 6.16 Å². The van der Waals surface area contributed by atoms with Gasteiger partial charge in [0.15, 0.2) is 0 Å². The van der Waals surface area contributed by atoms with Crippen LogP contribution in [0.3, 0.4) is 0 Å². The molecule has 0 aliphatic carbocycles. The average molecular weight is 165 g/mol. The van der Waals surface area contributed by atoms with Crippen LogP contribution in [0, 0.1) is 0 Å². The molecule has 68 valence electrons. The maximum atomic E-state index is 9.48. The molecule has 0 aliphatic rings. The Bertz CT molecular complexity index is 87.0.